The lowest BCUT2D eigenvalue weighted by atomic mass is 10.0. The van der Waals surface area contributed by atoms with E-state index in [9.17, 15) is 4.79 Å². The Morgan fingerprint density at radius 1 is 1.24 bits per heavy atom. The molecule has 0 saturated heterocycles. The van der Waals surface area contributed by atoms with E-state index in [0.717, 1.165) is 21.3 Å². The van der Waals surface area contributed by atoms with Gasteiger partial charge in [0.2, 0.25) is 0 Å². The minimum Gasteiger partial charge on any atom is -0.294 e. The molecule has 0 aliphatic carbocycles. The molecular weight excluding hydrogens is 296 g/mol. The molecule has 88 valence electrons. The van der Waals surface area contributed by atoms with Gasteiger partial charge in [0.05, 0.1) is 3.79 Å². The summed E-state index contributed by atoms with van der Waals surface area (Å²) >= 11 is 4.92. The predicted octanol–water partition coefficient (Wildman–Crippen LogP) is 4.50. The summed E-state index contributed by atoms with van der Waals surface area (Å²) in [5, 5.41) is 1.90. The standard InChI is InChI=1S/C14H13BrOS/c1-2-10-3-5-11(6-4-10)7-13(16)12-8-14(15)17-9-12/h3-6,8-9H,2,7H2,1H3. The van der Waals surface area contributed by atoms with Crippen LogP contribution in [-0.2, 0) is 12.8 Å². The van der Waals surface area contributed by atoms with Gasteiger partial charge in [0.15, 0.2) is 5.78 Å². The number of aryl methyl sites for hydroxylation is 1. The SMILES string of the molecule is CCc1ccc(CC(=O)c2csc(Br)c2)cc1. The van der Waals surface area contributed by atoms with Gasteiger partial charge >= 0.3 is 0 Å². The van der Waals surface area contributed by atoms with Crippen LogP contribution in [0.3, 0.4) is 0 Å². The Hall–Kier alpha value is -0.930. The second kappa shape index (κ2) is 5.61. The van der Waals surface area contributed by atoms with E-state index in [1.54, 1.807) is 11.3 Å². The molecule has 1 aromatic heterocycles. The van der Waals surface area contributed by atoms with Crippen LogP contribution in [0.5, 0.6) is 0 Å². The van der Waals surface area contributed by atoms with Crippen molar-refractivity contribution in [3.63, 3.8) is 0 Å². The second-order valence-corrected chi connectivity index (χ2v) is 6.20. The fraction of sp³-hybridized carbons (Fsp3) is 0.214. The molecule has 2 aromatic rings. The normalized spacial score (nSPS) is 10.5. The number of ketones is 1. The summed E-state index contributed by atoms with van der Waals surface area (Å²) in [5.41, 5.74) is 3.18. The third kappa shape index (κ3) is 3.27. The lowest BCUT2D eigenvalue weighted by Crippen LogP contribution is -2.01. The number of carbonyl (C=O) groups is 1. The van der Waals surface area contributed by atoms with Crippen LogP contribution in [0, 0.1) is 0 Å². The summed E-state index contributed by atoms with van der Waals surface area (Å²) in [7, 11) is 0. The Bertz CT molecular complexity index is 513. The van der Waals surface area contributed by atoms with E-state index in [2.05, 4.69) is 35.0 Å². The molecule has 0 bridgehead atoms. The number of Topliss-reactive ketones (excluding diaryl/α,β-unsaturated/α-hetero) is 1. The number of hydrogen-bond donors (Lipinski definition) is 0. The maximum atomic E-state index is 12.0. The van der Waals surface area contributed by atoms with E-state index in [1.165, 1.54) is 5.56 Å². The zero-order valence-electron chi connectivity index (χ0n) is 9.57. The molecule has 1 nitrogen and oxygen atoms in total. The van der Waals surface area contributed by atoms with Gasteiger partial charge in [-0.15, -0.1) is 11.3 Å². The topological polar surface area (TPSA) is 17.1 Å². The molecule has 17 heavy (non-hydrogen) atoms. The summed E-state index contributed by atoms with van der Waals surface area (Å²) in [4.78, 5) is 12.0. The number of carbonyl (C=O) groups excluding carboxylic acids is 1. The number of benzene rings is 1. The monoisotopic (exact) mass is 308 g/mol. The lowest BCUT2D eigenvalue weighted by Gasteiger charge is -2.01. The van der Waals surface area contributed by atoms with Crippen LogP contribution in [0.15, 0.2) is 39.5 Å². The Balaban J connectivity index is 2.07. The fourth-order valence-corrected chi connectivity index (χ4v) is 2.80. The van der Waals surface area contributed by atoms with Gasteiger partial charge in [-0.2, -0.15) is 0 Å². The molecule has 0 radical (unpaired) electrons. The zero-order valence-corrected chi connectivity index (χ0v) is 12.0. The lowest BCUT2D eigenvalue weighted by molar-refractivity contribution is 0.0993. The third-order valence-electron chi connectivity index (χ3n) is 2.69. The van der Waals surface area contributed by atoms with Crippen molar-refractivity contribution < 1.29 is 4.79 Å². The molecule has 0 aliphatic rings. The molecular formula is C14H13BrOS. The Morgan fingerprint density at radius 2 is 1.88 bits per heavy atom. The van der Waals surface area contributed by atoms with Crippen LogP contribution in [-0.4, -0.2) is 5.78 Å². The fourth-order valence-electron chi connectivity index (χ4n) is 1.64. The molecule has 0 N–H and O–H groups in total. The average Bonchev–Trinajstić information content (AvgIpc) is 2.77. The van der Waals surface area contributed by atoms with Crippen molar-refractivity contribution in [2.24, 2.45) is 0 Å². The summed E-state index contributed by atoms with van der Waals surface area (Å²) in [5.74, 6) is 0.177. The predicted molar refractivity (Wildman–Crippen MR) is 75.9 cm³/mol. The van der Waals surface area contributed by atoms with Crippen molar-refractivity contribution >= 4 is 33.0 Å². The van der Waals surface area contributed by atoms with Gasteiger partial charge in [-0.3, -0.25) is 4.79 Å². The molecule has 1 heterocycles. The molecule has 0 aliphatic heterocycles. The highest BCUT2D eigenvalue weighted by Gasteiger charge is 2.08. The van der Waals surface area contributed by atoms with E-state index < -0.39 is 0 Å². The van der Waals surface area contributed by atoms with Crippen molar-refractivity contribution in [1.29, 1.82) is 0 Å². The van der Waals surface area contributed by atoms with Gasteiger partial charge in [0, 0.05) is 17.4 Å². The molecule has 2 rings (SSSR count). The molecule has 0 amide bonds. The van der Waals surface area contributed by atoms with Crippen molar-refractivity contribution in [3.8, 4) is 0 Å². The highest BCUT2D eigenvalue weighted by molar-refractivity contribution is 9.11. The maximum Gasteiger partial charge on any atom is 0.168 e. The Labute approximate surface area is 114 Å². The van der Waals surface area contributed by atoms with Crippen LogP contribution in [0.4, 0.5) is 0 Å². The first kappa shape index (κ1) is 12.5. The van der Waals surface area contributed by atoms with Crippen LogP contribution < -0.4 is 0 Å². The first-order chi connectivity index (χ1) is 8.19. The van der Waals surface area contributed by atoms with Gasteiger partial charge in [-0.05, 0) is 39.5 Å². The number of rotatable bonds is 4. The van der Waals surface area contributed by atoms with Crippen LogP contribution in [0.1, 0.15) is 28.4 Å². The van der Waals surface area contributed by atoms with E-state index >= 15 is 0 Å². The molecule has 0 saturated carbocycles. The van der Waals surface area contributed by atoms with Gasteiger partial charge in [-0.1, -0.05) is 31.2 Å². The zero-order chi connectivity index (χ0) is 12.3. The number of hydrogen-bond acceptors (Lipinski definition) is 2. The van der Waals surface area contributed by atoms with E-state index in [-0.39, 0.29) is 5.78 Å². The van der Waals surface area contributed by atoms with Crippen LogP contribution >= 0.6 is 27.3 Å². The van der Waals surface area contributed by atoms with Crippen LogP contribution in [0.25, 0.3) is 0 Å². The van der Waals surface area contributed by atoms with Crippen molar-refractivity contribution in [2.75, 3.05) is 0 Å². The molecule has 0 spiro atoms. The quantitative estimate of drug-likeness (QED) is 0.760. The van der Waals surface area contributed by atoms with Crippen LogP contribution in [0.2, 0.25) is 0 Å². The molecule has 0 fully saturated rings. The Kier molecular flexibility index (Phi) is 4.13. The average molecular weight is 309 g/mol. The maximum absolute atomic E-state index is 12.0. The first-order valence-corrected chi connectivity index (χ1v) is 7.21. The second-order valence-electron chi connectivity index (χ2n) is 3.91. The van der Waals surface area contributed by atoms with Gasteiger partial charge in [0.25, 0.3) is 0 Å². The van der Waals surface area contributed by atoms with E-state index in [1.807, 2.05) is 23.6 Å². The third-order valence-corrected chi connectivity index (χ3v) is 4.19. The molecule has 0 atom stereocenters. The summed E-state index contributed by atoms with van der Waals surface area (Å²) in [6.45, 7) is 2.13. The van der Waals surface area contributed by atoms with Crippen molar-refractivity contribution in [3.05, 3.63) is 56.2 Å². The summed E-state index contributed by atoms with van der Waals surface area (Å²) < 4.78 is 1.00. The van der Waals surface area contributed by atoms with E-state index in [4.69, 9.17) is 0 Å². The van der Waals surface area contributed by atoms with Crippen molar-refractivity contribution in [2.45, 2.75) is 19.8 Å². The first-order valence-electron chi connectivity index (χ1n) is 5.54. The molecule has 0 unspecified atom stereocenters. The number of thiophene rings is 1. The van der Waals surface area contributed by atoms with Crippen molar-refractivity contribution in [1.82, 2.24) is 0 Å². The summed E-state index contributed by atoms with van der Waals surface area (Å²) in [6, 6.07) is 10.1. The molecule has 3 heteroatoms. The molecule has 1 aromatic carbocycles. The smallest absolute Gasteiger partial charge is 0.168 e. The largest absolute Gasteiger partial charge is 0.294 e. The van der Waals surface area contributed by atoms with Gasteiger partial charge in [-0.25, -0.2) is 0 Å². The minimum absolute atomic E-state index is 0.177. The highest BCUT2D eigenvalue weighted by Crippen LogP contribution is 2.22. The van der Waals surface area contributed by atoms with E-state index in [0.29, 0.717) is 6.42 Å². The number of halogens is 1. The van der Waals surface area contributed by atoms with Gasteiger partial charge in [0.1, 0.15) is 0 Å². The highest BCUT2D eigenvalue weighted by atomic mass is 79.9. The minimum atomic E-state index is 0.177. The Morgan fingerprint density at radius 3 is 2.41 bits per heavy atom. The van der Waals surface area contributed by atoms with Gasteiger partial charge < -0.3 is 0 Å². The summed E-state index contributed by atoms with van der Waals surface area (Å²) in [6.07, 6.45) is 1.51.